The van der Waals surface area contributed by atoms with Crippen molar-refractivity contribution in [2.75, 3.05) is 4.72 Å². The van der Waals surface area contributed by atoms with Crippen LogP contribution in [-0.4, -0.2) is 23.6 Å². The fraction of sp³-hybridized carbons (Fsp3) is 0.0588. The largest absolute Gasteiger partial charge is 0.285 e. The number of aromatic amines is 1. The summed E-state index contributed by atoms with van der Waals surface area (Å²) in [5.41, 5.74) is 2.06. The Kier molecular flexibility index (Phi) is 4.71. The van der Waals surface area contributed by atoms with Crippen molar-refractivity contribution in [3.05, 3.63) is 57.9 Å². The molecule has 27 heavy (non-hydrogen) atoms. The number of benzene rings is 1. The van der Waals surface area contributed by atoms with Crippen LogP contribution < -0.4 is 4.72 Å². The smallest absolute Gasteiger partial charge is 0.261 e. The predicted octanol–water partition coefficient (Wildman–Crippen LogP) is 5.21. The average molecular weight is 484 g/mol. The third-order valence-corrected chi connectivity index (χ3v) is 7.63. The topological polar surface area (TPSA) is 87.7 Å². The normalized spacial score (nSPS) is 11.8. The number of hydrogen-bond acceptors (Lipinski definition) is 5. The maximum Gasteiger partial charge on any atom is 0.261 e. The van der Waals surface area contributed by atoms with Crippen LogP contribution in [0.4, 0.5) is 5.69 Å². The number of rotatable bonds is 4. The van der Waals surface area contributed by atoms with E-state index in [4.69, 9.17) is 11.6 Å². The second-order valence-electron chi connectivity index (χ2n) is 5.79. The highest BCUT2D eigenvalue weighted by Crippen LogP contribution is 2.44. The van der Waals surface area contributed by atoms with E-state index in [-0.39, 0.29) is 4.90 Å². The second-order valence-corrected chi connectivity index (χ2v) is 9.70. The molecule has 0 amide bonds. The molecule has 4 aromatic rings. The Morgan fingerprint density at radius 1 is 1.30 bits per heavy atom. The summed E-state index contributed by atoms with van der Waals surface area (Å²) in [5.74, 6) is 0. The first-order chi connectivity index (χ1) is 12.8. The zero-order valence-electron chi connectivity index (χ0n) is 13.8. The number of anilines is 1. The number of sulfonamides is 1. The van der Waals surface area contributed by atoms with Gasteiger partial charge in [-0.3, -0.25) is 9.82 Å². The molecule has 0 fully saturated rings. The molecule has 0 saturated carbocycles. The zero-order valence-corrected chi connectivity index (χ0v) is 17.8. The lowest BCUT2D eigenvalue weighted by Crippen LogP contribution is -2.13. The standard InChI is InChI=1S/C17H12BrClN4O2S2/c1-9-5-13(23-27(24,25)12-4-2-3-11(19)6-12)14-15(18)16(26-17(14)22-9)10-7-20-21-8-10/h2-8H,1H3,(H,20,21)(H,22,23). The third kappa shape index (κ3) is 3.47. The molecule has 1 aromatic carbocycles. The summed E-state index contributed by atoms with van der Waals surface area (Å²) in [6, 6.07) is 7.85. The van der Waals surface area contributed by atoms with Gasteiger partial charge in [-0.05, 0) is 47.1 Å². The predicted molar refractivity (Wildman–Crippen MR) is 112 cm³/mol. The molecule has 0 saturated heterocycles. The van der Waals surface area contributed by atoms with E-state index in [1.807, 2.05) is 6.92 Å². The van der Waals surface area contributed by atoms with Gasteiger partial charge in [0.25, 0.3) is 10.0 Å². The number of H-pyrrole nitrogens is 1. The van der Waals surface area contributed by atoms with E-state index < -0.39 is 10.0 Å². The number of aryl methyl sites for hydroxylation is 1. The molecule has 2 N–H and O–H groups in total. The molecule has 6 nitrogen and oxygen atoms in total. The first-order valence-corrected chi connectivity index (χ1v) is 11.2. The van der Waals surface area contributed by atoms with Crippen LogP contribution in [0, 0.1) is 6.92 Å². The van der Waals surface area contributed by atoms with Gasteiger partial charge in [0.1, 0.15) is 4.83 Å². The fourth-order valence-electron chi connectivity index (χ4n) is 2.66. The van der Waals surface area contributed by atoms with Crippen LogP contribution in [0.1, 0.15) is 5.69 Å². The molecular formula is C17H12BrClN4O2S2. The summed E-state index contributed by atoms with van der Waals surface area (Å²) >= 11 is 11.0. The van der Waals surface area contributed by atoms with Gasteiger partial charge in [-0.2, -0.15) is 5.10 Å². The van der Waals surface area contributed by atoms with Gasteiger partial charge < -0.3 is 0 Å². The van der Waals surface area contributed by atoms with Crippen molar-refractivity contribution in [3.63, 3.8) is 0 Å². The van der Waals surface area contributed by atoms with Gasteiger partial charge in [0.05, 0.1) is 27.0 Å². The van der Waals surface area contributed by atoms with Gasteiger partial charge in [0.15, 0.2) is 0 Å². The van der Waals surface area contributed by atoms with Gasteiger partial charge in [-0.1, -0.05) is 17.7 Å². The minimum Gasteiger partial charge on any atom is -0.285 e. The lowest BCUT2D eigenvalue weighted by Gasteiger charge is -2.10. The average Bonchev–Trinajstić information content (AvgIpc) is 3.22. The van der Waals surface area contributed by atoms with E-state index in [9.17, 15) is 8.42 Å². The van der Waals surface area contributed by atoms with Gasteiger partial charge in [0, 0.05) is 26.9 Å². The molecule has 0 unspecified atom stereocenters. The number of aromatic nitrogens is 3. The van der Waals surface area contributed by atoms with Crippen molar-refractivity contribution in [1.82, 2.24) is 15.2 Å². The van der Waals surface area contributed by atoms with E-state index in [2.05, 4.69) is 35.8 Å². The van der Waals surface area contributed by atoms with Crippen LogP contribution in [-0.2, 0) is 10.0 Å². The maximum atomic E-state index is 12.8. The molecule has 0 radical (unpaired) electrons. The molecule has 0 aliphatic carbocycles. The van der Waals surface area contributed by atoms with E-state index in [0.717, 1.165) is 19.7 Å². The molecule has 10 heteroatoms. The minimum absolute atomic E-state index is 0.0963. The Hall–Kier alpha value is -1.94. The zero-order chi connectivity index (χ0) is 19.2. The molecular weight excluding hydrogens is 472 g/mol. The minimum atomic E-state index is -3.80. The Bertz CT molecular complexity index is 1250. The summed E-state index contributed by atoms with van der Waals surface area (Å²) in [7, 11) is -3.80. The molecule has 0 bridgehead atoms. The molecule has 0 spiro atoms. The number of hydrogen-bond donors (Lipinski definition) is 2. The van der Waals surface area contributed by atoms with E-state index in [1.165, 1.54) is 23.5 Å². The summed E-state index contributed by atoms with van der Waals surface area (Å²) < 4.78 is 29.1. The Morgan fingerprint density at radius 3 is 2.81 bits per heavy atom. The second kappa shape index (κ2) is 6.90. The van der Waals surface area contributed by atoms with Gasteiger partial charge in [-0.25, -0.2) is 13.4 Å². The quantitative estimate of drug-likeness (QED) is 0.417. The highest BCUT2D eigenvalue weighted by Gasteiger charge is 2.21. The number of nitrogens with one attached hydrogen (secondary N) is 2. The monoisotopic (exact) mass is 482 g/mol. The Labute approximate surface area is 172 Å². The first-order valence-electron chi connectivity index (χ1n) is 7.72. The number of halogens is 2. The number of thiophene rings is 1. The van der Waals surface area contributed by atoms with Gasteiger partial charge in [0.2, 0.25) is 0 Å². The van der Waals surface area contributed by atoms with Crippen LogP contribution >= 0.6 is 38.9 Å². The molecule has 0 atom stereocenters. The molecule has 3 heterocycles. The SMILES string of the molecule is Cc1cc(NS(=O)(=O)c2cccc(Cl)c2)c2c(Br)c(-c3cn[nH]c3)sc2n1. The molecule has 138 valence electrons. The first kappa shape index (κ1) is 18.4. The van der Waals surface area contributed by atoms with Crippen LogP contribution in [0.2, 0.25) is 5.02 Å². The van der Waals surface area contributed by atoms with Crippen molar-refractivity contribution in [2.24, 2.45) is 0 Å². The Morgan fingerprint density at radius 2 is 2.11 bits per heavy atom. The number of nitrogens with zero attached hydrogens (tertiary/aromatic N) is 2. The highest BCUT2D eigenvalue weighted by atomic mass is 79.9. The summed E-state index contributed by atoms with van der Waals surface area (Å²) in [4.78, 5) is 6.28. The highest BCUT2D eigenvalue weighted by molar-refractivity contribution is 9.10. The molecule has 0 aliphatic heterocycles. The van der Waals surface area contributed by atoms with Crippen molar-refractivity contribution in [1.29, 1.82) is 0 Å². The number of pyridine rings is 1. The van der Waals surface area contributed by atoms with Crippen LogP contribution in [0.15, 0.2) is 52.1 Å². The lowest BCUT2D eigenvalue weighted by molar-refractivity contribution is 0.601. The van der Waals surface area contributed by atoms with E-state index >= 15 is 0 Å². The lowest BCUT2D eigenvalue weighted by atomic mass is 10.2. The fourth-order valence-corrected chi connectivity index (χ4v) is 6.15. The van der Waals surface area contributed by atoms with Crippen molar-refractivity contribution in [3.8, 4) is 10.4 Å². The number of fused-ring (bicyclic) bond motifs is 1. The van der Waals surface area contributed by atoms with Crippen LogP contribution in [0.25, 0.3) is 20.7 Å². The van der Waals surface area contributed by atoms with E-state index in [1.54, 1.807) is 30.6 Å². The van der Waals surface area contributed by atoms with Crippen molar-refractivity contribution >= 4 is 64.8 Å². The van der Waals surface area contributed by atoms with Crippen molar-refractivity contribution in [2.45, 2.75) is 11.8 Å². The third-order valence-electron chi connectivity index (χ3n) is 3.84. The molecule has 3 aromatic heterocycles. The molecule has 4 rings (SSSR count). The summed E-state index contributed by atoms with van der Waals surface area (Å²) in [6.07, 6.45) is 3.48. The molecule has 0 aliphatic rings. The van der Waals surface area contributed by atoms with Crippen LogP contribution in [0.3, 0.4) is 0 Å². The van der Waals surface area contributed by atoms with Crippen LogP contribution in [0.5, 0.6) is 0 Å². The summed E-state index contributed by atoms with van der Waals surface area (Å²) in [6.45, 7) is 1.82. The van der Waals surface area contributed by atoms with E-state index in [0.29, 0.717) is 21.8 Å². The van der Waals surface area contributed by atoms with Crippen molar-refractivity contribution < 1.29 is 8.42 Å². The van der Waals surface area contributed by atoms with Gasteiger partial charge >= 0.3 is 0 Å². The Balaban J connectivity index is 1.87. The maximum absolute atomic E-state index is 12.8. The van der Waals surface area contributed by atoms with Gasteiger partial charge in [-0.15, -0.1) is 11.3 Å². The summed E-state index contributed by atoms with van der Waals surface area (Å²) in [5, 5.41) is 7.81.